The van der Waals surface area contributed by atoms with Crippen molar-refractivity contribution in [1.82, 2.24) is 9.55 Å². The van der Waals surface area contributed by atoms with Gasteiger partial charge in [-0.1, -0.05) is 11.6 Å². The summed E-state index contributed by atoms with van der Waals surface area (Å²) in [6.45, 7) is 1.60. The van der Waals surface area contributed by atoms with E-state index < -0.39 is 0 Å². The third-order valence-corrected chi connectivity index (χ3v) is 4.04. The third kappa shape index (κ3) is 2.85. The van der Waals surface area contributed by atoms with Crippen LogP contribution in [-0.4, -0.2) is 27.1 Å². The maximum atomic E-state index is 11.3. The van der Waals surface area contributed by atoms with E-state index in [9.17, 15) is 10.1 Å². The first-order valence-corrected chi connectivity index (χ1v) is 7.19. The lowest BCUT2D eigenvalue weighted by atomic mass is 10.2. The van der Waals surface area contributed by atoms with Gasteiger partial charge >= 0.3 is 0 Å². The highest BCUT2D eigenvalue weighted by Gasteiger charge is 2.30. The number of aromatic nitrogens is 2. The summed E-state index contributed by atoms with van der Waals surface area (Å²) in [7, 11) is 0. The summed E-state index contributed by atoms with van der Waals surface area (Å²) in [4.78, 5) is 17.0. The van der Waals surface area contributed by atoms with Crippen LogP contribution in [0.1, 0.15) is 12.8 Å². The number of anilines is 1. The van der Waals surface area contributed by atoms with Gasteiger partial charge in [0.2, 0.25) is 0 Å². The highest BCUT2D eigenvalue weighted by Crippen LogP contribution is 2.35. The smallest absolute Gasteiger partial charge is 0.294 e. The van der Waals surface area contributed by atoms with Gasteiger partial charge in [-0.3, -0.25) is 10.1 Å². The Balaban J connectivity index is 1.90. The standard InChI is InChI=1S/C14H15ClN4O2/c15-11-3-4-13(14(8-11)19(20)21)18-6-1-2-12(18)9-17-7-5-16-10-17/h3-5,7-8,10,12H,1-2,6,9H2/t12-/m1/s1. The van der Waals surface area contributed by atoms with Gasteiger partial charge in [0.1, 0.15) is 5.69 Å². The molecule has 0 spiro atoms. The van der Waals surface area contributed by atoms with Gasteiger partial charge in [-0.05, 0) is 25.0 Å². The molecule has 1 aliphatic heterocycles. The van der Waals surface area contributed by atoms with Crippen molar-refractivity contribution in [3.63, 3.8) is 0 Å². The van der Waals surface area contributed by atoms with Crippen molar-refractivity contribution in [2.75, 3.05) is 11.4 Å². The van der Waals surface area contributed by atoms with Crippen LogP contribution in [0.25, 0.3) is 0 Å². The van der Waals surface area contributed by atoms with Gasteiger partial charge in [0.15, 0.2) is 0 Å². The molecular formula is C14H15ClN4O2. The van der Waals surface area contributed by atoms with Crippen molar-refractivity contribution in [1.29, 1.82) is 0 Å². The first kappa shape index (κ1) is 13.9. The zero-order valence-electron chi connectivity index (χ0n) is 11.4. The molecule has 1 aliphatic rings. The minimum atomic E-state index is -0.367. The summed E-state index contributed by atoms with van der Waals surface area (Å²) in [5.41, 5.74) is 0.715. The molecule has 1 aromatic carbocycles. The second-order valence-corrected chi connectivity index (χ2v) is 5.58. The lowest BCUT2D eigenvalue weighted by molar-refractivity contribution is -0.384. The molecule has 0 saturated carbocycles. The van der Waals surface area contributed by atoms with Gasteiger partial charge in [-0.2, -0.15) is 0 Å². The maximum Gasteiger partial charge on any atom is 0.294 e. The first-order valence-electron chi connectivity index (χ1n) is 6.81. The Bertz CT molecular complexity index is 644. The molecule has 2 aromatic rings. The van der Waals surface area contributed by atoms with Gasteiger partial charge in [-0.25, -0.2) is 4.98 Å². The second-order valence-electron chi connectivity index (χ2n) is 5.14. The van der Waals surface area contributed by atoms with E-state index in [0.717, 1.165) is 25.9 Å². The number of benzene rings is 1. The summed E-state index contributed by atoms with van der Waals surface area (Å²) in [5, 5.41) is 11.6. The minimum Gasteiger partial charge on any atom is -0.361 e. The number of hydrogen-bond acceptors (Lipinski definition) is 4. The first-order chi connectivity index (χ1) is 10.1. The van der Waals surface area contributed by atoms with Crippen LogP contribution in [0.15, 0.2) is 36.9 Å². The molecule has 6 nitrogen and oxygen atoms in total. The van der Waals surface area contributed by atoms with Crippen LogP contribution < -0.4 is 4.90 Å². The number of nitro benzene ring substituents is 1. The van der Waals surface area contributed by atoms with Gasteiger partial charge < -0.3 is 9.47 Å². The quantitative estimate of drug-likeness (QED) is 0.643. The fourth-order valence-electron chi connectivity index (χ4n) is 2.87. The Labute approximate surface area is 127 Å². The van der Waals surface area contributed by atoms with Crippen molar-refractivity contribution >= 4 is 23.0 Å². The fourth-order valence-corrected chi connectivity index (χ4v) is 3.03. The monoisotopic (exact) mass is 306 g/mol. The zero-order chi connectivity index (χ0) is 14.8. The van der Waals surface area contributed by atoms with Gasteiger partial charge in [-0.15, -0.1) is 0 Å². The highest BCUT2D eigenvalue weighted by molar-refractivity contribution is 6.30. The van der Waals surface area contributed by atoms with E-state index in [-0.39, 0.29) is 16.7 Å². The van der Waals surface area contributed by atoms with E-state index in [2.05, 4.69) is 9.88 Å². The molecule has 0 amide bonds. The Hall–Kier alpha value is -2.08. The third-order valence-electron chi connectivity index (χ3n) is 3.80. The molecule has 1 saturated heterocycles. The molecule has 110 valence electrons. The van der Waals surface area contributed by atoms with Crippen LogP contribution in [0, 0.1) is 10.1 Å². The molecule has 0 radical (unpaired) electrons. The maximum absolute atomic E-state index is 11.3. The molecule has 0 bridgehead atoms. The number of rotatable bonds is 4. The predicted molar refractivity (Wildman–Crippen MR) is 80.7 cm³/mol. The van der Waals surface area contributed by atoms with E-state index in [1.807, 2.05) is 10.8 Å². The summed E-state index contributed by atoms with van der Waals surface area (Å²) in [6, 6.07) is 5.10. The fraction of sp³-hybridized carbons (Fsp3) is 0.357. The van der Waals surface area contributed by atoms with Crippen LogP contribution in [-0.2, 0) is 6.54 Å². The van der Waals surface area contributed by atoms with E-state index in [4.69, 9.17) is 11.6 Å². The normalized spacial score (nSPS) is 18.1. The minimum absolute atomic E-state index is 0.0695. The second kappa shape index (κ2) is 5.73. The lowest BCUT2D eigenvalue weighted by Gasteiger charge is -2.26. The molecule has 2 heterocycles. The number of imidazole rings is 1. The molecule has 21 heavy (non-hydrogen) atoms. The van der Waals surface area contributed by atoms with Crippen molar-refractivity contribution in [2.24, 2.45) is 0 Å². The Morgan fingerprint density at radius 3 is 3.05 bits per heavy atom. The molecule has 7 heteroatoms. The van der Waals surface area contributed by atoms with Crippen LogP contribution >= 0.6 is 11.6 Å². The van der Waals surface area contributed by atoms with Crippen molar-refractivity contribution in [3.05, 3.63) is 52.1 Å². The molecule has 1 atom stereocenters. The van der Waals surface area contributed by atoms with E-state index in [0.29, 0.717) is 10.7 Å². The number of halogens is 1. The highest BCUT2D eigenvalue weighted by atomic mass is 35.5. The Morgan fingerprint density at radius 2 is 2.33 bits per heavy atom. The van der Waals surface area contributed by atoms with E-state index in [1.54, 1.807) is 24.7 Å². The Morgan fingerprint density at radius 1 is 1.48 bits per heavy atom. The van der Waals surface area contributed by atoms with Crippen molar-refractivity contribution < 1.29 is 4.92 Å². The van der Waals surface area contributed by atoms with Crippen LogP contribution in [0.2, 0.25) is 5.02 Å². The average molecular weight is 307 g/mol. The molecule has 1 aromatic heterocycles. The largest absolute Gasteiger partial charge is 0.361 e. The summed E-state index contributed by atoms with van der Waals surface area (Å²) in [6.07, 6.45) is 7.46. The van der Waals surface area contributed by atoms with E-state index >= 15 is 0 Å². The molecule has 3 rings (SSSR count). The summed E-state index contributed by atoms with van der Waals surface area (Å²) in [5.74, 6) is 0. The molecule has 1 fully saturated rings. The molecular weight excluding hydrogens is 292 g/mol. The summed E-state index contributed by atoms with van der Waals surface area (Å²) < 4.78 is 2.00. The van der Waals surface area contributed by atoms with Crippen molar-refractivity contribution in [2.45, 2.75) is 25.4 Å². The van der Waals surface area contributed by atoms with Crippen LogP contribution in [0.4, 0.5) is 11.4 Å². The van der Waals surface area contributed by atoms with Gasteiger partial charge in [0.25, 0.3) is 5.69 Å². The molecule has 0 unspecified atom stereocenters. The van der Waals surface area contributed by atoms with Gasteiger partial charge in [0, 0.05) is 42.6 Å². The van der Waals surface area contributed by atoms with E-state index in [1.165, 1.54) is 6.07 Å². The number of nitrogens with zero attached hydrogens (tertiary/aromatic N) is 4. The Kier molecular flexibility index (Phi) is 3.79. The predicted octanol–water partition coefficient (Wildman–Crippen LogP) is 3.11. The molecule has 0 aliphatic carbocycles. The van der Waals surface area contributed by atoms with Crippen molar-refractivity contribution in [3.8, 4) is 0 Å². The number of nitro groups is 1. The lowest BCUT2D eigenvalue weighted by Crippen LogP contribution is -2.33. The molecule has 0 N–H and O–H groups in total. The topological polar surface area (TPSA) is 64.2 Å². The number of hydrogen-bond donors (Lipinski definition) is 0. The zero-order valence-corrected chi connectivity index (χ0v) is 12.1. The van der Waals surface area contributed by atoms with Gasteiger partial charge in [0.05, 0.1) is 11.3 Å². The summed E-state index contributed by atoms with van der Waals surface area (Å²) >= 11 is 5.88. The SMILES string of the molecule is O=[N+]([O-])c1cc(Cl)ccc1N1CCC[C@@H]1Cn1ccnc1. The average Bonchev–Trinajstić information content (AvgIpc) is 3.11. The van der Waals surface area contributed by atoms with Crippen LogP contribution in [0.5, 0.6) is 0 Å². The van der Waals surface area contributed by atoms with Crippen LogP contribution in [0.3, 0.4) is 0 Å².